The van der Waals surface area contributed by atoms with Crippen LogP contribution in [0, 0.1) is 11.3 Å². The van der Waals surface area contributed by atoms with Crippen LogP contribution in [-0.2, 0) is 4.74 Å². The number of aliphatic hydroxyl groups is 1. The first-order valence-electron chi connectivity index (χ1n) is 4.02. The molecule has 6 nitrogen and oxygen atoms in total. The van der Waals surface area contributed by atoms with E-state index >= 15 is 0 Å². The molecule has 0 unspecified atom stereocenters. The van der Waals surface area contributed by atoms with Crippen LogP contribution in [0.2, 0.25) is 0 Å². The SMILES string of the molecule is N#C[C@H]1CC[C@H](O)[C@@H](CN=[N+]=[N-])O1. The van der Waals surface area contributed by atoms with E-state index in [0.29, 0.717) is 12.8 Å². The average Bonchev–Trinajstić information content (AvgIpc) is 2.17. The van der Waals surface area contributed by atoms with Crippen LogP contribution in [0.3, 0.4) is 0 Å². The van der Waals surface area contributed by atoms with Crippen molar-refractivity contribution in [2.75, 3.05) is 6.54 Å². The smallest absolute Gasteiger partial charge is 0.144 e. The van der Waals surface area contributed by atoms with Crippen molar-refractivity contribution in [3.05, 3.63) is 10.4 Å². The number of ether oxygens (including phenoxy) is 1. The molecule has 1 N–H and O–H groups in total. The zero-order valence-electron chi connectivity index (χ0n) is 7.00. The summed E-state index contributed by atoms with van der Waals surface area (Å²) in [6.07, 6.45) is -0.597. The lowest BCUT2D eigenvalue weighted by atomic mass is 10.0. The van der Waals surface area contributed by atoms with Gasteiger partial charge in [0.15, 0.2) is 0 Å². The minimum atomic E-state index is -0.630. The number of nitrogens with zero attached hydrogens (tertiary/aromatic N) is 4. The lowest BCUT2D eigenvalue weighted by Crippen LogP contribution is -2.40. The zero-order chi connectivity index (χ0) is 9.68. The summed E-state index contributed by atoms with van der Waals surface area (Å²) in [6.45, 7) is 0.0792. The van der Waals surface area contributed by atoms with Crippen LogP contribution in [0.4, 0.5) is 0 Å². The molecule has 0 spiro atoms. The maximum Gasteiger partial charge on any atom is 0.144 e. The van der Waals surface area contributed by atoms with Gasteiger partial charge in [0.1, 0.15) is 6.10 Å². The maximum atomic E-state index is 9.39. The van der Waals surface area contributed by atoms with Crippen molar-refractivity contribution in [1.29, 1.82) is 5.26 Å². The average molecular weight is 182 g/mol. The van der Waals surface area contributed by atoms with Gasteiger partial charge in [0, 0.05) is 4.91 Å². The van der Waals surface area contributed by atoms with Crippen LogP contribution >= 0.6 is 0 Å². The van der Waals surface area contributed by atoms with Gasteiger partial charge < -0.3 is 9.84 Å². The molecule has 6 heteroatoms. The largest absolute Gasteiger partial charge is 0.390 e. The summed E-state index contributed by atoms with van der Waals surface area (Å²) in [5.41, 5.74) is 8.06. The molecule has 1 fully saturated rings. The molecule has 3 atom stereocenters. The fraction of sp³-hybridized carbons (Fsp3) is 0.857. The van der Waals surface area contributed by atoms with E-state index in [2.05, 4.69) is 10.0 Å². The Balaban J connectivity index is 2.50. The summed E-state index contributed by atoms with van der Waals surface area (Å²) < 4.78 is 5.17. The first-order valence-corrected chi connectivity index (χ1v) is 4.02. The first-order chi connectivity index (χ1) is 6.27. The molecule has 0 amide bonds. The van der Waals surface area contributed by atoms with E-state index < -0.39 is 18.3 Å². The van der Waals surface area contributed by atoms with Gasteiger partial charge >= 0.3 is 0 Å². The number of hydrogen-bond donors (Lipinski definition) is 1. The molecule has 0 aromatic carbocycles. The fourth-order valence-corrected chi connectivity index (χ4v) is 1.25. The molecule has 13 heavy (non-hydrogen) atoms. The molecular weight excluding hydrogens is 172 g/mol. The van der Waals surface area contributed by atoms with E-state index in [1.165, 1.54) is 0 Å². The summed E-state index contributed by atoms with van der Waals surface area (Å²) in [7, 11) is 0. The van der Waals surface area contributed by atoms with Gasteiger partial charge in [0.25, 0.3) is 0 Å². The van der Waals surface area contributed by atoms with Crippen LogP contribution in [-0.4, -0.2) is 30.0 Å². The van der Waals surface area contributed by atoms with Gasteiger partial charge in [-0.15, -0.1) is 0 Å². The van der Waals surface area contributed by atoms with Gasteiger partial charge in [-0.3, -0.25) is 0 Å². The molecule has 1 aliphatic rings. The Bertz CT molecular complexity index is 256. The highest BCUT2D eigenvalue weighted by atomic mass is 16.5. The van der Waals surface area contributed by atoms with Crippen molar-refractivity contribution in [3.63, 3.8) is 0 Å². The van der Waals surface area contributed by atoms with Gasteiger partial charge in [0.05, 0.1) is 24.8 Å². The van der Waals surface area contributed by atoms with E-state index in [4.69, 9.17) is 15.5 Å². The van der Waals surface area contributed by atoms with E-state index in [1.54, 1.807) is 0 Å². The monoisotopic (exact) mass is 182 g/mol. The predicted octanol–water partition coefficient (Wildman–Crippen LogP) is 0.729. The molecule has 0 aliphatic carbocycles. The molecule has 1 rings (SSSR count). The van der Waals surface area contributed by atoms with Crippen molar-refractivity contribution in [2.45, 2.75) is 31.2 Å². The molecule has 1 saturated heterocycles. The summed E-state index contributed by atoms with van der Waals surface area (Å²) >= 11 is 0. The van der Waals surface area contributed by atoms with Crippen LogP contribution in [0.25, 0.3) is 10.4 Å². The zero-order valence-corrected chi connectivity index (χ0v) is 7.00. The number of hydrogen-bond acceptors (Lipinski definition) is 4. The Morgan fingerprint density at radius 3 is 3.08 bits per heavy atom. The van der Waals surface area contributed by atoms with E-state index in [9.17, 15) is 5.11 Å². The number of aliphatic hydroxyl groups excluding tert-OH is 1. The Hall–Kier alpha value is -1.28. The van der Waals surface area contributed by atoms with Crippen LogP contribution in [0.5, 0.6) is 0 Å². The molecule has 0 aromatic rings. The standard InChI is InChI=1S/C7H10N4O2/c8-3-5-1-2-6(12)7(13-5)4-10-11-9/h5-7,12H,1-2,4H2/t5-,6+,7-/m1/s1. The Morgan fingerprint density at radius 2 is 2.46 bits per heavy atom. The molecule has 0 saturated carbocycles. The highest BCUT2D eigenvalue weighted by Crippen LogP contribution is 2.19. The van der Waals surface area contributed by atoms with Crippen molar-refractivity contribution in [3.8, 4) is 6.07 Å². The van der Waals surface area contributed by atoms with Crippen molar-refractivity contribution in [2.24, 2.45) is 5.11 Å². The van der Waals surface area contributed by atoms with Gasteiger partial charge in [0.2, 0.25) is 0 Å². The number of nitriles is 1. The second-order valence-corrected chi connectivity index (χ2v) is 2.85. The maximum absolute atomic E-state index is 9.39. The normalized spacial score (nSPS) is 33.1. The quantitative estimate of drug-likeness (QED) is 0.386. The third-order valence-electron chi connectivity index (χ3n) is 1.96. The summed E-state index contributed by atoms with van der Waals surface area (Å²) in [5.74, 6) is 0. The summed E-state index contributed by atoms with van der Waals surface area (Å²) in [6, 6.07) is 1.96. The van der Waals surface area contributed by atoms with Crippen molar-refractivity contribution < 1.29 is 9.84 Å². The van der Waals surface area contributed by atoms with Gasteiger partial charge in [-0.25, -0.2) is 0 Å². The number of rotatable bonds is 2. The van der Waals surface area contributed by atoms with Gasteiger partial charge in [-0.1, -0.05) is 5.11 Å². The lowest BCUT2D eigenvalue weighted by Gasteiger charge is -2.29. The third-order valence-corrected chi connectivity index (χ3v) is 1.96. The molecular formula is C7H10N4O2. The third kappa shape index (κ3) is 2.60. The predicted molar refractivity (Wildman–Crippen MR) is 43.5 cm³/mol. The second kappa shape index (κ2) is 4.67. The minimum absolute atomic E-state index is 0.0792. The van der Waals surface area contributed by atoms with Gasteiger partial charge in [-0.2, -0.15) is 5.26 Å². The van der Waals surface area contributed by atoms with Crippen LogP contribution in [0.1, 0.15) is 12.8 Å². The fourth-order valence-electron chi connectivity index (χ4n) is 1.25. The minimum Gasteiger partial charge on any atom is -0.390 e. The Labute approximate surface area is 75.4 Å². The molecule has 0 bridgehead atoms. The number of azide groups is 1. The highest BCUT2D eigenvalue weighted by Gasteiger charge is 2.28. The second-order valence-electron chi connectivity index (χ2n) is 2.85. The van der Waals surface area contributed by atoms with E-state index in [1.807, 2.05) is 6.07 Å². The van der Waals surface area contributed by atoms with Crippen LogP contribution < -0.4 is 0 Å². The molecule has 0 radical (unpaired) electrons. The lowest BCUT2D eigenvalue weighted by molar-refractivity contribution is -0.0925. The van der Waals surface area contributed by atoms with E-state index in [0.717, 1.165) is 0 Å². The summed E-state index contributed by atoms with van der Waals surface area (Å²) in [4.78, 5) is 2.57. The van der Waals surface area contributed by atoms with Gasteiger partial charge in [-0.05, 0) is 18.4 Å². The van der Waals surface area contributed by atoms with Crippen LogP contribution in [0.15, 0.2) is 5.11 Å². The molecule has 1 heterocycles. The van der Waals surface area contributed by atoms with Crippen molar-refractivity contribution >= 4 is 0 Å². The first kappa shape index (κ1) is 9.81. The molecule has 70 valence electrons. The Kier molecular flexibility index (Phi) is 3.53. The highest BCUT2D eigenvalue weighted by molar-refractivity contribution is 4.91. The Morgan fingerprint density at radius 1 is 1.69 bits per heavy atom. The molecule has 0 aromatic heterocycles. The van der Waals surface area contributed by atoms with Crippen molar-refractivity contribution in [1.82, 2.24) is 0 Å². The summed E-state index contributed by atoms with van der Waals surface area (Å²) in [5, 5.41) is 21.3. The molecule has 1 aliphatic heterocycles. The topological polar surface area (TPSA) is 102 Å². The van der Waals surface area contributed by atoms with E-state index in [-0.39, 0.29) is 6.54 Å².